The van der Waals surface area contributed by atoms with Crippen LogP contribution in [0.25, 0.3) is 0 Å². The van der Waals surface area contributed by atoms with Gasteiger partial charge in [0, 0.05) is 25.8 Å². The molecule has 0 N–H and O–H groups in total. The van der Waals surface area contributed by atoms with E-state index in [0.29, 0.717) is 6.04 Å². The van der Waals surface area contributed by atoms with Gasteiger partial charge in [0.1, 0.15) is 11.6 Å². The Balaban J connectivity index is 1.59. The molecule has 2 fully saturated rings. The molecule has 6 heteroatoms. The van der Waals surface area contributed by atoms with Gasteiger partial charge in [0.05, 0.1) is 26.4 Å². The van der Waals surface area contributed by atoms with Crippen LogP contribution in [0.4, 0.5) is 11.8 Å². The third-order valence-corrected chi connectivity index (χ3v) is 4.95. The van der Waals surface area contributed by atoms with Crippen LogP contribution in [-0.4, -0.2) is 49.9 Å². The maximum absolute atomic E-state index is 5.44. The zero-order chi connectivity index (χ0) is 17.1. The summed E-state index contributed by atoms with van der Waals surface area (Å²) in [6, 6.07) is 10.6. The normalized spacial score (nSPS) is 20.8. The van der Waals surface area contributed by atoms with Crippen LogP contribution < -0.4 is 14.5 Å². The SMILES string of the molecule is COc1cccc(C2CCCN2c2nccc(N3CCOCC3)n2)c1. The molecule has 0 amide bonds. The van der Waals surface area contributed by atoms with Gasteiger partial charge in [-0.3, -0.25) is 0 Å². The van der Waals surface area contributed by atoms with Gasteiger partial charge in [0.2, 0.25) is 5.95 Å². The van der Waals surface area contributed by atoms with Gasteiger partial charge in [-0.1, -0.05) is 12.1 Å². The predicted molar refractivity (Wildman–Crippen MR) is 97.4 cm³/mol. The van der Waals surface area contributed by atoms with Crippen molar-refractivity contribution in [3.05, 3.63) is 42.1 Å². The summed E-state index contributed by atoms with van der Waals surface area (Å²) in [7, 11) is 1.71. The molecule has 0 aliphatic carbocycles. The van der Waals surface area contributed by atoms with Crippen LogP contribution in [0.5, 0.6) is 5.75 Å². The Hall–Kier alpha value is -2.34. The predicted octanol–water partition coefficient (Wildman–Crippen LogP) is 2.66. The van der Waals surface area contributed by atoms with Crippen molar-refractivity contribution < 1.29 is 9.47 Å². The largest absolute Gasteiger partial charge is 0.497 e. The number of morpholine rings is 1. The van der Waals surface area contributed by atoms with Crippen molar-refractivity contribution in [3.8, 4) is 5.75 Å². The summed E-state index contributed by atoms with van der Waals surface area (Å²) in [6.45, 7) is 4.27. The Kier molecular flexibility index (Phi) is 4.70. The fourth-order valence-electron chi connectivity index (χ4n) is 3.65. The lowest BCUT2D eigenvalue weighted by molar-refractivity contribution is 0.122. The van der Waals surface area contributed by atoms with E-state index in [2.05, 4.69) is 33.0 Å². The van der Waals surface area contributed by atoms with Gasteiger partial charge in [-0.15, -0.1) is 0 Å². The van der Waals surface area contributed by atoms with Crippen LogP contribution >= 0.6 is 0 Å². The Morgan fingerprint density at radius 2 is 2.04 bits per heavy atom. The number of aromatic nitrogens is 2. The van der Waals surface area contributed by atoms with Crippen molar-refractivity contribution >= 4 is 11.8 Å². The highest BCUT2D eigenvalue weighted by molar-refractivity contribution is 5.47. The molecule has 25 heavy (non-hydrogen) atoms. The molecule has 0 radical (unpaired) electrons. The van der Waals surface area contributed by atoms with Gasteiger partial charge in [-0.2, -0.15) is 4.98 Å². The molecule has 1 aromatic heterocycles. The molecular weight excluding hydrogens is 316 g/mol. The maximum Gasteiger partial charge on any atom is 0.227 e. The molecule has 0 bridgehead atoms. The van der Waals surface area contributed by atoms with E-state index in [9.17, 15) is 0 Å². The van der Waals surface area contributed by atoms with E-state index in [1.54, 1.807) is 7.11 Å². The Labute approximate surface area is 148 Å². The average molecular weight is 340 g/mol. The van der Waals surface area contributed by atoms with Crippen LogP contribution in [0.1, 0.15) is 24.4 Å². The van der Waals surface area contributed by atoms with Crippen molar-refractivity contribution in [1.82, 2.24) is 9.97 Å². The molecule has 2 saturated heterocycles. The molecule has 2 aromatic rings. The lowest BCUT2D eigenvalue weighted by Crippen LogP contribution is -2.37. The zero-order valence-corrected chi connectivity index (χ0v) is 14.6. The summed E-state index contributed by atoms with van der Waals surface area (Å²) in [5.41, 5.74) is 1.26. The van der Waals surface area contributed by atoms with E-state index in [1.807, 2.05) is 18.3 Å². The van der Waals surface area contributed by atoms with Crippen LogP contribution in [0.2, 0.25) is 0 Å². The van der Waals surface area contributed by atoms with E-state index in [-0.39, 0.29) is 0 Å². The van der Waals surface area contributed by atoms with Gasteiger partial charge >= 0.3 is 0 Å². The number of hydrogen-bond donors (Lipinski definition) is 0. The topological polar surface area (TPSA) is 50.7 Å². The minimum Gasteiger partial charge on any atom is -0.497 e. The molecule has 0 saturated carbocycles. The second-order valence-electron chi connectivity index (χ2n) is 6.44. The molecule has 3 heterocycles. The molecule has 1 unspecified atom stereocenters. The number of anilines is 2. The van der Waals surface area contributed by atoms with Crippen molar-refractivity contribution in [3.63, 3.8) is 0 Å². The van der Waals surface area contributed by atoms with E-state index in [1.165, 1.54) is 5.56 Å². The van der Waals surface area contributed by atoms with E-state index >= 15 is 0 Å². The molecule has 4 rings (SSSR count). The van der Waals surface area contributed by atoms with Crippen LogP contribution in [0.3, 0.4) is 0 Å². The quantitative estimate of drug-likeness (QED) is 0.853. The van der Waals surface area contributed by atoms with Crippen molar-refractivity contribution in [2.45, 2.75) is 18.9 Å². The number of ether oxygens (including phenoxy) is 2. The second kappa shape index (κ2) is 7.27. The van der Waals surface area contributed by atoms with Crippen molar-refractivity contribution in [2.24, 2.45) is 0 Å². The van der Waals surface area contributed by atoms with Gasteiger partial charge < -0.3 is 19.3 Å². The minimum atomic E-state index is 0.301. The highest BCUT2D eigenvalue weighted by atomic mass is 16.5. The van der Waals surface area contributed by atoms with Crippen molar-refractivity contribution in [2.75, 3.05) is 49.8 Å². The fourth-order valence-corrected chi connectivity index (χ4v) is 3.65. The van der Waals surface area contributed by atoms with Crippen LogP contribution in [0, 0.1) is 0 Å². The second-order valence-corrected chi connectivity index (χ2v) is 6.44. The summed E-state index contributed by atoms with van der Waals surface area (Å²) in [6.07, 6.45) is 4.12. The smallest absolute Gasteiger partial charge is 0.227 e. The Morgan fingerprint density at radius 3 is 2.88 bits per heavy atom. The first kappa shape index (κ1) is 16.1. The molecule has 6 nitrogen and oxygen atoms in total. The monoisotopic (exact) mass is 340 g/mol. The van der Waals surface area contributed by atoms with Gasteiger partial charge in [-0.25, -0.2) is 4.98 Å². The first-order valence-electron chi connectivity index (χ1n) is 8.91. The average Bonchev–Trinajstić information content (AvgIpc) is 3.19. The molecule has 132 valence electrons. The number of nitrogens with zero attached hydrogens (tertiary/aromatic N) is 4. The number of benzene rings is 1. The summed E-state index contributed by atoms with van der Waals surface area (Å²) >= 11 is 0. The van der Waals surface area contributed by atoms with Gasteiger partial charge in [0.25, 0.3) is 0 Å². The van der Waals surface area contributed by atoms with E-state index in [0.717, 1.165) is 63.2 Å². The summed E-state index contributed by atoms with van der Waals surface area (Å²) in [5.74, 6) is 2.70. The first-order valence-corrected chi connectivity index (χ1v) is 8.91. The van der Waals surface area contributed by atoms with Crippen LogP contribution in [-0.2, 0) is 4.74 Å². The highest BCUT2D eigenvalue weighted by Crippen LogP contribution is 2.36. The number of rotatable bonds is 4. The van der Waals surface area contributed by atoms with Crippen molar-refractivity contribution in [1.29, 1.82) is 0 Å². The van der Waals surface area contributed by atoms with Gasteiger partial charge in [0.15, 0.2) is 0 Å². The zero-order valence-electron chi connectivity index (χ0n) is 14.6. The lowest BCUT2D eigenvalue weighted by atomic mass is 10.0. The summed E-state index contributed by atoms with van der Waals surface area (Å²) in [5, 5.41) is 0. The first-order chi connectivity index (χ1) is 12.3. The Bertz CT molecular complexity index is 718. The summed E-state index contributed by atoms with van der Waals surface area (Å²) < 4.78 is 10.8. The van der Waals surface area contributed by atoms with Gasteiger partial charge in [-0.05, 0) is 36.6 Å². The number of methoxy groups -OCH3 is 1. The number of hydrogen-bond acceptors (Lipinski definition) is 6. The van der Waals surface area contributed by atoms with E-state index < -0.39 is 0 Å². The third-order valence-electron chi connectivity index (χ3n) is 4.95. The Morgan fingerprint density at radius 1 is 1.16 bits per heavy atom. The molecule has 2 aliphatic rings. The minimum absolute atomic E-state index is 0.301. The fraction of sp³-hybridized carbons (Fsp3) is 0.474. The highest BCUT2D eigenvalue weighted by Gasteiger charge is 2.28. The molecule has 1 aromatic carbocycles. The maximum atomic E-state index is 5.44. The molecule has 0 spiro atoms. The molecular formula is C19H24N4O2. The molecule has 2 aliphatic heterocycles. The van der Waals surface area contributed by atoms with E-state index in [4.69, 9.17) is 14.5 Å². The third kappa shape index (κ3) is 3.39. The molecule has 1 atom stereocenters. The lowest BCUT2D eigenvalue weighted by Gasteiger charge is -2.30. The summed E-state index contributed by atoms with van der Waals surface area (Å²) in [4.78, 5) is 14.0. The van der Waals surface area contributed by atoms with Crippen LogP contribution in [0.15, 0.2) is 36.5 Å². The standard InChI is InChI=1S/C19H24N4O2/c1-24-16-5-2-4-15(14-16)17-6-3-9-23(17)19-20-8-7-18(21-19)22-10-12-25-13-11-22/h2,4-5,7-8,14,17H,3,6,9-13H2,1H3.